The van der Waals surface area contributed by atoms with Crippen molar-refractivity contribution >= 4 is 28.5 Å². The summed E-state index contributed by atoms with van der Waals surface area (Å²) in [6, 6.07) is 18.0. The zero-order valence-corrected chi connectivity index (χ0v) is 19.4. The first-order valence-electron chi connectivity index (χ1n) is 10.9. The monoisotopic (exact) mass is 485 g/mol. The number of benzene rings is 3. The Morgan fingerprint density at radius 1 is 1.00 bits per heavy atom. The van der Waals surface area contributed by atoms with Gasteiger partial charge >= 0.3 is 12.1 Å². The number of aromatic nitrogens is 1. The van der Waals surface area contributed by atoms with Crippen molar-refractivity contribution in [3.8, 4) is 11.1 Å². The van der Waals surface area contributed by atoms with Crippen LogP contribution in [0.25, 0.3) is 22.0 Å². The first kappa shape index (κ1) is 23.9. The fourth-order valence-corrected chi connectivity index (χ4v) is 4.52. The number of carboxylic acids is 1. The second-order valence-corrected chi connectivity index (χ2v) is 9.17. The van der Waals surface area contributed by atoms with Gasteiger partial charge in [-0.25, -0.2) is 4.79 Å². The van der Waals surface area contributed by atoms with Crippen LogP contribution in [0.1, 0.15) is 47.8 Å². The fraction of sp³-hybridized carbons (Fsp3) is 0.222. The molecule has 0 saturated carbocycles. The molecule has 0 bridgehead atoms. The average molecular weight is 486 g/mol. The number of aromatic carboxylic acids is 1. The van der Waals surface area contributed by atoms with Gasteiger partial charge in [0.15, 0.2) is 0 Å². The van der Waals surface area contributed by atoms with Gasteiger partial charge in [0.25, 0.3) is 0 Å². The van der Waals surface area contributed by atoms with Gasteiger partial charge in [0.1, 0.15) is 0 Å². The van der Waals surface area contributed by atoms with Gasteiger partial charge < -0.3 is 9.67 Å². The van der Waals surface area contributed by atoms with Crippen molar-refractivity contribution < 1.29 is 23.1 Å². The third-order valence-corrected chi connectivity index (χ3v) is 6.21. The molecule has 4 aromatic rings. The lowest BCUT2D eigenvalue weighted by Crippen LogP contribution is -2.12. The molecule has 0 spiro atoms. The molecule has 1 aromatic heterocycles. The van der Waals surface area contributed by atoms with Crippen LogP contribution in [0, 0.1) is 5.92 Å². The summed E-state index contributed by atoms with van der Waals surface area (Å²) < 4.78 is 41.1. The van der Waals surface area contributed by atoms with Gasteiger partial charge in [-0.15, -0.1) is 0 Å². The molecular formula is C27H23ClF3NO2. The molecule has 3 aromatic carbocycles. The third kappa shape index (κ3) is 4.82. The topological polar surface area (TPSA) is 42.2 Å². The smallest absolute Gasteiger partial charge is 0.416 e. The summed E-state index contributed by atoms with van der Waals surface area (Å²) in [5.74, 6) is -0.570. The Morgan fingerprint density at radius 2 is 1.71 bits per heavy atom. The first-order valence-corrected chi connectivity index (χ1v) is 11.2. The molecule has 0 aliphatic carbocycles. The number of nitrogens with zero attached hydrogens (tertiary/aromatic N) is 1. The van der Waals surface area contributed by atoms with Gasteiger partial charge in [-0.3, -0.25) is 0 Å². The Labute approximate surface area is 200 Å². The van der Waals surface area contributed by atoms with Gasteiger partial charge in [-0.1, -0.05) is 49.7 Å². The molecule has 4 rings (SSSR count). The molecule has 1 heterocycles. The molecule has 176 valence electrons. The Morgan fingerprint density at radius 3 is 2.29 bits per heavy atom. The van der Waals surface area contributed by atoms with Gasteiger partial charge in [0.05, 0.1) is 17.2 Å². The minimum Gasteiger partial charge on any atom is -0.478 e. The van der Waals surface area contributed by atoms with E-state index in [0.29, 0.717) is 11.5 Å². The van der Waals surface area contributed by atoms with Crippen molar-refractivity contribution in [3.63, 3.8) is 0 Å². The maximum Gasteiger partial charge on any atom is 0.416 e. The van der Waals surface area contributed by atoms with E-state index in [2.05, 4.69) is 18.4 Å². The van der Waals surface area contributed by atoms with Crippen LogP contribution < -0.4 is 0 Å². The highest BCUT2D eigenvalue weighted by Gasteiger charge is 2.31. The van der Waals surface area contributed by atoms with E-state index in [1.807, 2.05) is 42.6 Å². The molecule has 3 nitrogen and oxygen atoms in total. The highest BCUT2D eigenvalue weighted by Crippen LogP contribution is 2.37. The number of hydrogen-bond donors (Lipinski definition) is 1. The molecule has 0 radical (unpaired) electrons. The summed E-state index contributed by atoms with van der Waals surface area (Å²) in [5, 5.41) is 10.2. The van der Waals surface area contributed by atoms with Gasteiger partial charge in [-0.2, -0.15) is 13.2 Å². The van der Waals surface area contributed by atoms with E-state index < -0.39 is 17.7 Å². The summed E-state index contributed by atoms with van der Waals surface area (Å²) in [6.07, 6.45) is -1.61. The molecule has 0 fully saturated rings. The molecule has 7 heteroatoms. The van der Waals surface area contributed by atoms with Crippen molar-refractivity contribution in [3.05, 3.63) is 94.6 Å². The zero-order valence-electron chi connectivity index (χ0n) is 18.6. The number of hydrogen-bond acceptors (Lipinski definition) is 1. The molecular weight excluding hydrogens is 463 g/mol. The second kappa shape index (κ2) is 9.18. The summed E-state index contributed by atoms with van der Waals surface area (Å²) >= 11 is 6.20. The lowest BCUT2D eigenvalue weighted by molar-refractivity contribution is -0.137. The molecule has 34 heavy (non-hydrogen) atoms. The first-order chi connectivity index (χ1) is 16.0. The molecule has 0 amide bonds. The maximum atomic E-state index is 13.0. The van der Waals surface area contributed by atoms with Crippen LogP contribution in [0.5, 0.6) is 0 Å². The molecule has 0 unspecified atom stereocenters. The minimum atomic E-state index is -4.45. The molecule has 0 aliphatic rings. The number of fused-ring (bicyclic) bond motifs is 1. The highest BCUT2D eigenvalue weighted by atomic mass is 35.5. The Bertz CT molecular complexity index is 1340. The molecule has 0 aliphatic heterocycles. The molecule has 1 atom stereocenters. The van der Waals surface area contributed by atoms with Crippen molar-refractivity contribution in [2.24, 2.45) is 5.92 Å². The van der Waals surface area contributed by atoms with Gasteiger partial charge in [0, 0.05) is 27.7 Å². The molecule has 1 N–H and O–H groups in total. The SMILES string of the molecule is CC(C)C[C@@H](c1ccc(C(=O)O)cc1)n1ccc2cc(-c3ccc(C(F)(F)F)cc3Cl)ccc21. The minimum absolute atomic E-state index is 0.000789. The fourth-order valence-electron chi connectivity index (χ4n) is 4.23. The Hall–Kier alpha value is -3.25. The van der Waals surface area contributed by atoms with Crippen LogP contribution in [-0.4, -0.2) is 15.6 Å². The standard InChI is InChI=1S/C27H23ClF3NO2/c1-16(2)13-25(17-3-5-18(6-4-17)26(33)34)32-12-11-20-14-19(7-10-24(20)32)22-9-8-21(15-23(22)28)27(29,30)31/h3-12,14-16,25H,13H2,1-2H3,(H,33,34)/t25-/m0/s1. The summed E-state index contributed by atoms with van der Waals surface area (Å²) in [4.78, 5) is 11.2. The van der Waals surface area contributed by atoms with E-state index in [0.717, 1.165) is 40.6 Å². The molecule has 0 saturated heterocycles. The number of halogens is 4. The summed E-state index contributed by atoms with van der Waals surface area (Å²) in [5.41, 5.74) is 2.70. The number of rotatable bonds is 6. The van der Waals surface area contributed by atoms with Crippen LogP contribution in [0.15, 0.2) is 72.9 Å². The lowest BCUT2D eigenvalue weighted by Gasteiger charge is -2.23. The van der Waals surface area contributed by atoms with Crippen LogP contribution >= 0.6 is 11.6 Å². The average Bonchev–Trinajstić information content (AvgIpc) is 3.19. The van der Waals surface area contributed by atoms with Crippen molar-refractivity contribution in [2.75, 3.05) is 0 Å². The van der Waals surface area contributed by atoms with Crippen LogP contribution in [-0.2, 0) is 6.18 Å². The zero-order chi connectivity index (χ0) is 24.6. The normalized spacial score (nSPS) is 12.9. The quantitative estimate of drug-likeness (QED) is 0.298. The predicted molar refractivity (Wildman–Crippen MR) is 128 cm³/mol. The van der Waals surface area contributed by atoms with E-state index in [9.17, 15) is 23.1 Å². The second-order valence-electron chi connectivity index (χ2n) is 8.76. The summed E-state index contributed by atoms with van der Waals surface area (Å²) in [6.45, 7) is 4.27. The van der Waals surface area contributed by atoms with Gasteiger partial charge in [0.2, 0.25) is 0 Å². The van der Waals surface area contributed by atoms with Crippen molar-refractivity contribution in [1.29, 1.82) is 0 Å². The Kier molecular flexibility index (Phi) is 6.45. The van der Waals surface area contributed by atoms with E-state index in [-0.39, 0.29) is 16.6 Å². The lowest BCUT2D eigenvalue weighted by atomic mass is 9.95. The van der Waals surface area contributed by atoms with E-state index in [1.54, 1.807) is 12.1 Å². The number of carboxylic acid groups (broad SMARTS) is 1. The predicted octanol–water partition coefficient (Wildman–Crippen LogP) is 8.31. The van der Waals surface area contributed by atoms with Crippen molar-refractivity contribution in [1.82, 2.24) is 4.57 Å². The van der Waals surface area contributed by atoms with Gasteiger partial charge in [-0.05, 0) is 65.9 Å². The third-order valence-electron chi connectivity index (χ3n) is 5.90. The largest absolute Gasteiger partial charge is 0.478 e. The highest BCUT2D eigenvalue weighted by molar-refractivity contribution is 6.33. The summed E-state index contributed by atoms with van der Waals surface area (Å²) in [7, 11) is 0. The van der Waals surface area contributed by atoms with Crippen LogP contribution in [0.4, 0.5) is 13.2 Å². The van der Waals surface area contributed by atoms with E-state index >= 15 is 0 Å². The van der Waals surface area contributed by atoms with E-state index in [4.69, 9.17) is 11.6 Å². The van der Waals surface area contributed by atoms with Crippen LogP contribution in [0.2, 0.25) is 5.02 Å². The van der Waals surface area contributed by atoms with Crippen molar-refractivity contribution in [2.45, 2.75) is 32.5 Å². The van der Waals surface area contributed by atoms with E-state index in [1.165, 1.54) is 6.07 Å². The number of carbonyl (C=O) groups is 1. The van der Waals surface area contributed by atoms with Crippen LogP contribution in [0.3, 0.4) is 0 Å². The number of alkyl halides is 3. The maximum absolute atomic E-state index is 13.0. The Balaban J connectivity index is 1.73.